The number of anilines is 2. The van der Waals surface area contributed by atoms with Crippen LogP contribution in [-0.4, -0.2) is 165 Å². The third-order valence-electron chi connectivity index (χ3n) is 17.2. The zero-order valence-corrected chi connectivity index (χ0v) is 48.1. The molecule has 22 nitrogen and oxygen atoms in total. The Bertz CT molecular complexity index is 3460. The number of nitrogens with zero attached hydrogens (tertiary/aromatic N) is 5. The van der Waals surface area contributed by atoms with Gasteiger partial charge in [0.15, 0.2) is 17.3 Å². The number of hydrogen-bond donors (Lipinski definition) is 7. The average Bonchev–Trinajstić information content (AvgIpc) is 2.06. The number of carbonyl (C=O) groups is 4. The Labute approximate surface area is 478 Å². The number of rotatable bonds is 9. The molecule has 3 fully saturated rings. The summed E-state index contributed by atoms with van der Waals surface area (Å²) in [4.78, 5) is 70.8. The van der Waals surface area contributed by atoms with Gasteiger partial charge >= 0.3 is 17.7 Å². The van der Waals surface area contributed by atoms with Crippen molar-refractivity contribution in [2.75, 3.05) is 63.7 Å². The van der Waals surface area contributed by atoms with Crippen LogP contribution in [0.2, 0.25) is 0 Å². The number of Topliss-reactive ketones (excluding diaryl/α,β-unsaturated/α-hetero) is 1. The van der Waals surface area contributed by atoms with Gasteiger partial charge in [-0.3, -0.25) is 29.1 Å². The van der Waals surface area contributed by atoms with Crippen LogP contribution in [0.1, 0.15) is 106 Å². The van der Waals surface area contributed by atoms with E-state index >= 15 is 4.39 Å². The first-order chi connectivity index (χ1) is 39.3. The molecule has 10 rings (SSSR count). The third-order valence-corrected chi connectivity index (χ3v) is 17.2. The largest absolute Gasteiger partial charge is 0.507 e. The first kappa shape index (κ1) is 59.9. The van der Waals surface area contributed by atoms with Crippen LogP contribution in [0, 0.1) is 36.4 Å². The molecule has 3 aromatic carbocycles. The number of ether oxygens (including phenoxy) is 5. The third kappa shape index (κ3) is 11.1. The van der Waals surface area contributed by atoms with Crippen LogP contribution in [0.3, 0.4) is 0 Å². The molecule has 4 aromatic rings. The molecule has 6 heterocycles. The highest BCUT2D eigenvalue weighted by Gasteiger charge is 2.50. The number of nitrogens with one attached hydrogen (secondary N) is 1. The minimum Gasteiger partial charge on any atom is -0.507 e. The minimum atomic E-state index is -2.13. The lowest BCUT2D eigenvalue weighted by atomic mass is 9.78. The number of esters is 1. The number of benzene rings is 3. The van der Waals surface area contributed by atoms with Crippen molar-refractivity contribution >= 4 is 62.9 Å². The number of allylic oxidation sites excluding steroid dienone is 2. The maximum Gasteiger partial charge on any atom is 0.341 e. The highest BCUT2D eigenvalue weighted by Crippen LogP contribution is 2.55. The lowest BCUT2D eigenvalue weighted by molar-refractivity contribution is -0.160. The summed E-state index contributed by atoms with van der Waals surface area (Å²) in [7, 11) is 2.82. The van der Waals surface area contributed by atoms with E-state index in [0.717, 1.165) is 18.9 Å². The number of aromatic nitrogens is 1. The molecule has 1 saturated carbocycles. The summed E-state index contributed by atoms with van der Waals surface area (Å²) in [6.07, 6.45) is 8.01. The number of halogens is 1. The molecular formula is C60H73FN6O16. The van der Waals surface area contributed by atoms with Gasteiger partial charge in [-0.25, -0.2) is 9.18 Å². The molecule has 1 unspecified atom stereocenters. The quantitative estimate of drug-likeness (QED) is 0.0408. The lowest BCUT2D eigenvalue weighted by Gasteiger charge is -2.38. The van der Waals surface area contributed by atoms with Gasteiger partial charge in [0.05, 0.1) is 71.0 Å². The van der Waals surface area contributed by atoms with E-state index in [4.69, 9.17) is 28.8 Å². The van der Waals surface area contributed by atoms with Gasteiger partial charge in [-0.1, -0.05) is 45.9 Å². The maximum atomic E-state index is 16.3. The Morgan fingerprint density at radius 3 is 2.23 bits per heavy atom. The first-order valence-electron chi connectivity index (χ1n) is 27.9. The van der Waals surface area contributed by atoms with E-state index in [1.54, 1.807) is 49.4 Å². The van der Waals surface area contributed by atoms with Crippen LogP contribution < -0.4 is 25.1 Å². The van der Waals surface area contributed by atoms with E-state index in [1.807, 2.05) is 4.90 Å². The number of aliphatic hydroxyl groups excluding tert-OH is 2. The number of piperazine rings is 1. The van der Waals surface area contributed by atoms with E-state index in [0.29, 0.717) is 51.2 Å². The van der Waals surface area contributed by atoms with Crippen LogP contribution in [0.4, 0.5) is 15.8 Å². The molecule has 1 aliphatic carbocycles. The smallest absolute Gasteiger partial charge is 0.341 e. The topological polar surface area (TPSA) is 292 Å². The number of hydrazone groups is 1. The number of carboxylic acid groups (broad SMARTS) is 1. The SMILES string of the molecule is COc1c(N2CCC(N3CCN(N=Cc4c5c(O)c6c(O)c(C)c7c(c6c4O)C(=O)[C@@](C)(OC=C[C@H](OC)[C@@H](C)[C@@H](OC(C)=O)[C@H](C)[C@H](O)[C@H](C)[C@@H](O)[C@@H](C)C=CC=C(C)C(=O)N5)O7)CC3)C2)c(F)cc2c(=O)c(C(=O)O)cn(C3CC3)c12. The molecule has 1 amide bonds. The molecule has 83 heavy (non-hydrogen) atoms. The minimum absolute atomic E-state index is 0.00315. The Balaban J connectivity index is 1.03. The second-order valence-corrected chi connectivity index (χ2v) is 22.7. The Kier molecular flexibility index (Phi) is 17.0. The van der Waals surface area contributed by atoms with Gasteiger partial charge in [-0.05, 0) is 45.3 Å². The number of aromatic carboxylic acids is 1. The number of carboxylic acids is 1. The summed E-state index contributed by atoms with van der Waals surface area (Å²) in [6, 6.07) is 1.01. The van der Waals surface area contributed by atoms with Crippen LogP contribution in [0.25, 0.3) is 21.7 Å². The molecular weight excluding hydrogens is 1080 g/mol. The van der Waals surface area contributed by atoms with Gasteiger partial charge in [-0.2, -0.15) is 5.10 Å². The Morgan fingerprint density at radius 1 is 0.892 bits per heavy atom. The first-order valence-corrected chi connectivity index (χ1v) is 27.9. The predicted molar refractivity (Wildman–Crippen MR) is 305 cm³/mol. The van der Waals surface area contributed by atoms with Gasteiger partial charge in [0, 0.05) is 119 Å². The average molecular weight is 1150 g/mol. The van der Waals surface area contributed by atoms with Crippen LogP contribution in [0.15, 0.2) is 58.3 Å². The number of aromatic hydroxyl groups is 3. The van der Waals surface area contributed by atoms with Crippen molar-refractivity contribution < 1.29 is 77.9 Å². The molecule has 7 N–H and O–H groups in total. The van der Waals surface area contributed by atoms with Crippen molar-refractivity contribution in [1.82, 2.24) is 14.5 Å². The molecule has 0 spiro atoms. The second-order valence-electron chi connectivity index (χ2n) is 22.7. The van der Waals surface area contributed by atoms with E-state index in [-0.39, 0.29) is 73.4 Å². The zero-order chi connectivity index (χ0) is 60.3. The fraction of sp³-hybridized carbons (Fsp3) is 0.500. The van der Waals surface area contributed by atoms with E-state index in [9.17, 15) is 54.6 Å². The second kappa shape index (κ2) is 23.5. The molecule has 10 atom stereocenters. The van der Waals surface area contributed by atoms with Crippen LogP contribution in [-0.2, 0) is 23.8 Å². The van der Waals surface area contributed by atoms with Crippen molar-refractivity contribution in [2.45, 2.75) is 117 Å². The summed E-state index contributed by atoms with van der Waals surface area (Å²) < 4.78 is 47.7. The maximum absolute atomic E-state index is 16.3. The predicted octanol–water partition coefficient (Wildman–Crippen LogP) is 6.48. The number of carbonyl (C=O) groups excluding carboxylic acids is 3. The molecule has 2 saturated heterocycles. The number of ketones is 1. The highest BCUT2D eigenvalue weighted by atomic mass is 19.1. The summed E-state index contributed by atoms with van der Waals surface area (Å²) in [5.41, 5.74) is -1.39. The molecule has 23 heteroatoms. The van der Waals surface area contributed by atoms with Crippen molar-refractivity contribution in [2.24, 2.45) is 28.8 Å². The van der Waals surface area contributed by atoms with Gasteiger partial charge in [-0.15, -0.1) is 0 Å². The molecule has 0 radical (unpaired) electrons. The number of amides is 1. The standard InChI is InChI=1S/C60H73FN6O16/c1-28-12-11-13-29(2)58(76)63-45-38(25-62-66-21-19-64(20-22-66)36-16-18-65(26-36)47-40(61)24-37-46(56(47)80-10)67(35-14-15-35)27-39(51(37)72)59(77)78)52(73)42-43(53(45)74)50(71)33(6)55-44(42)57(75)60(8,83-55)81-23-17-41(79-9)30(3)54(82-34(7)68)32(5)49(70)31(4)48(28)69/h11-13,17,23-25,27-28,30-32,35-36,41,48-49,54,69-71,73-74H,14-16,18-22,26H2,1-10H3,(H,63,76)(H,77,78)/t28-,30+,31+,32+,36?,41-,48-,49+,54+,60-/m0/s1. The number of fused-ring (bicyclic) bond motifs is 15. The lowest BCUT2D eigenvalue weighted by Crippen LogP contribution is -2.49. The van der Waals surface area contributed by atoms with Crippen molar-refractivity contribution in [3.8, 4) is 28.7 Å². The molecule has 5 bridgehead atoms. The van der Waals surface area contributed by atoms with E-state index in [1.165, 1.54) is 72.7 Å². The monoisotopic (exact) mass is 1150 g/mol. The molecule has 446 valence electrons. The summed E-state index contributed by atoms with van der Waals surface area (Å²) in [5, 5.41) is 77.9. The van der Waals surface area contributed by atoms with Crippen LogP contribution in [0.5, 0.6) is 28.7 Å². The number of pyridine rings is 1. The van der Waals surface area contributed by atoms with Crippen molar-refractivity contribution in [1.29, 1.82) is 0 Å². The fourth-order valence-electron chi connectivity index (χ4n) is 12.2. The van der Waals surface area contributed by atoms with Crippen molar-refractivity contribution in [3.05, 3.63) is 86.7 Å². The number of aliphatic hydroxyl groups is 2. The van der Waals surface area contributed by atoms with Gasteiger partial charge in [0.2, 0.25) is 5.43 Å². The van der Waals surface area contributed by atoms with Gasteiger partial charge in [0.1, 0.15) is 34.6 Å². The molecule has 6 aliphatic rings. The van der Waals surface area contributed by atoms with Crippen LogP contribution >= 0.6 is 0 Å². The number of phenolic OH excluding ortho intramolecular Hbond substituents is 3. The van der Waals surface area contributed by atoms with E-state index in [2.05, 4.69) is 10.2 Å². The zero-order valence-electron chi connectivity index (χ0n) is 48.1. The summed E-state index contributed by atoms with van der Waals surface area (Å²) >= 11 is 0. The summed E-state index contributed by atoms with van der Waals surface area (Å²) in [5.74, 6) is -11.0. The molecule has 5 aliphatic heterocycles. The van der Waals surface area contributed by atoms with Gasteiger partial charge in [0.25, 0.3) is 11.7 Å². The Hall–Kier alpha value is -7.73. The summed E-state index contributed by atoms with van der Waals surface area (Å²) in [6.45, 7) is 14.9. The fourth-order valence-corrected chi connectivity index (χ4v) is 12.2. The number of phenols is 3. The molecule has 1 aromatic heterocycles. The van der Waals surface area contributed by atoms with E-state index < -0.39 is 112 Å². The van der Waals surface area contributed by atoms with Gasteiger partial charge < -0.3 is 69.1 Å². The Morgan fingerprint density at radius 2 is 1.59 bits per heavy atom. The highest BCUT2D eigenvalue weighted by molar-refractivity contribution is 6.24. The number of hydrogen-bond acceptors (Lipinski definition) is 19. The normalized spacial score (nSPS) is 27.6. The van der Waals surface area contributed by atoms with Crippen molar-refractivity contribution in [3.63, 3.8) is 0 Å². The number of methoxy groups -OCH3 is 2.